The summed E-state index contributed by atoms with van der Waals surface area (Å²) in [5, 5.41) is 0.673. The van der Waals surface area contributed by atoms with Crippen LogP contribution in [-0.2, 0) is 11.2 Å². The average Bonchev–Trinajstić information content (AvgIpc) is 2.50. The van der Waals surface area contributed by atoms with E-state index in [0.717, 1.165) is 11.1 Å². The van der Waals surface area contributed by atoms with Crippen molar-refractivity contribution in [1.29, 1.82) is 0 Å². The summed E-state index contributed by atoms with van der Waals surface area (Å²) >= 11 is 6.08. The van der Waals surface area contributed by atoms with E-state index in [2.05, 4.69) is 0 Å². The van der Waals surface area contributed by atoms with Crippen molar-refractivity contribution in [2.75, 3.05) is 6.61 Å². The predicted molar refractivity (Wildman–Crippen MR) is 81.3 cm³/mol. The number of benzene rings is 2. The lowest BCUT2D eigenvalue weighted by molar-refractivity contribution is -0.127. The molecule has 2 aromatic rings. The molecule has 3 rings (SSSR count). The third-order valence-electron chi connectivity index (χ3n) is 3.48. The zero-order valence-corrected chi connectivity index (χ0v) is 12.4. The molecule has 1 unspecified atom stereocenters. The van der Waals surface area contributed by atoms with Crippen LogP contribution < -0.4 is 9.47 Å². The standard InChI is InChI=1S/C17H15ClO3/c1-11-6-7-12(8-13(11)18)9-14(19)17-10-20-15-4-2-3-5-16(15)21-17/h2-8,17H,9-10H2,1H3. The van der Waals surface area contributed by atoms with Crippen LogP contribution in [0.2, 0.25) is 5.02 Å². The molecule has 0 bridgehead atoms. The summed E-state index contributed by atoms with van der Waals surface area (Å²) in [6.07, 6.45) is -0.282. The topological polar surface area (TPSA) is 35.5 Å². The van der Waals surface area contributed by atoms with E-state index in [4.69, 9.17) is 21.1 Å². The first-order valence-corrected chi connectivity index (χ1v) is 7.17. The number of para-hydroxylation sites is 2. The van der Waals surface area contributed by atoms with Crippen LogP contribution in [0.3, 0.4) is 0 Å². The van der Waals surface area contributed by atoms with Crippen molar-refractivity contribution in [2.45, 2.75) is 19.4 Å². The SMILES string of the molecule is Cc1ccc(CC(=O)C2COc3ccccc3O2)cc1Cl. The number of carbonyl (C=O) groups excluding carboxylic acids is 1. The second kappa shape index (κ2) is 5.78. The predicted octanol–water partition coefficient (Wildman–Crippen LogP) is 3.60. The zero-order chi connectivity index (χ0) is 14.8. The molecule has 0 spiro atoms. The molecule has 0 saturated heterocycles. The van der Waals surface area contributed by atoms with Gasteiger partial charge in [-0.1, -0.05) is 35.9 Å². The number of aryl methyl sites for hydroxylation is 1. The molecule has 0 N–H and O–H groups in total. The lowest BCUT2D eigenvalue weighted by Gasteiger charge is -2.25. The van der Waals surface area contributed by atoms with E-state index in [1.807, 2.05) is 43.3 Å². The fraction of sp³-hybridized carbons (Fsp3) is 0.235. The Balaban J connectivity index is 1.70. The molecule has 1 aliphatic heterocycles. The highest BCUT2D eigenvalue weighted by molar-refractivity contribution is 6.31. The number of halogens is 1. The third kappa shape index (κ3) is 3.03. The van der Waals surface area contributed by atoms with Gasteiger partial charge in [-0.2, -0.15) is 0 Å². The normalized spacial score (nSPS) is 16.6. The van der Waals surface area contributed by atoms with Gasteiger partial charge in [-0.15, -0.1) is 0 Å². The molecule has 108 valence electrons. The second-order valence-electron chi connectivity index (χ2n) is 5.09. The molecular weight excluding hydrogens is 288 g/mol. The van der Waals surface area contributed by atoms with E-state index in [1.165, 1.54) is 0 Å². The summed E-state index contributed by atoms with van der Waals surface area (Å²) in [6.45, 7) is 2.18. The molecule has 0 fully saturated rings. The second-order valence-corrected chi connectivity index (χ2v) is 5.50. The monoisotopic (exact) mass is 302 g/mol. The number of rotatable bonds is 3. The maximum atomic E-state index is 12.3. The van der Waals surface area contributed by atoms with E-state index in [-0.39, 0.29) is 18.8 Å². The Morgan fingerprint density at radius 1 is 1.24 bits per heavy atom. The van der Waals surface area contributed by atoms with Crippen molar-refractivity contribution < 1.29 is 14.3 Å². The summed E-state index contributed by atoms with van der Waals surface area (Å²) in [5.41, 5.74) is 1.89. The first-order valence-electron chi connectivity index (χ1n) is 6.80. The Bertz CT molecular complexity index is 681. The van der Waals surface area contributed by atoms with Crippen molar-refractivity contribution >= 4 is 17.4 Å². The van der Waals surface area contributed by atoms with Gasteiger partial charge in [0.25, 0.3) is 0 Å². The van der Waals surface area contributed by atoms with Crippen LogP contribution in [0.4, 0.5) is 0 Å². The molecule has 0 aromatic heterocycles. The van der Waals surface area contributed by atoms with Crippen LogP contribution in [0.5, 0.6) is 11.5 Å². The third-order valence-corrected chi connectivity index (χ3v) is 3.89. The number of carbonyl (C=O) groups is 1. The molecule has 0 radical (unpaired) electrons. The molecule has 4 heteroatoms. The number of hydrogen-bond acceptors (Lipinski definition) is 3. The average molecular weight is 303 g/mol. The summed E-state index contributed by atoms with van der Waals surface area (Å²) in [4.78, 5) is 12.3. The molecule has 1 atom stereocenters. The fourth-order valence-corrected chi connectivity index (χ4v) is 2.44. The van der Waals surface area contributed by atoms with Crippen LogP contribution in [0.1, 0.15) is 11.1 Å². The Morgan fingerprint density at radius 3 is 2.76 bits per heavy atom. The summed E-state index contributed by atoms with van der Waals surface area (Å²) < 4.78 is 11.3. The van der Waals surface area contributed by atoms with E-state index in [0.29, 0.717) is 16.5 Å². The number of hydrogen-bond donors (Lipinski definition) is 0. The lowest BCUT2D eigenvalue weighted by Crippen LogP contribution is -2.37. The summed E-state index contributed by atoms with van der Waals surface area (Å²) in [5.74, 6) is 1.29. The number of ketones is 1. The van der Waals surface area contributed by atoms with Gasteiger partial charge < -0.3 is 9.47 Å². The molecule has 0 saturated carbocycles. The highest BCUT2D eigenvalue weighted by Crippen LogP contribution is 2.31. The minimum atomic E-state index is -0.569. The fourth-order valence-electron chi connectivity index (χ4n) is 2.24. The molecule has 0 amide bonds. The van der Waals surface area contributed by atoms with Gasteiger partial charge in [0.05, 0.1) is 0 Å². The van der Waals surface area contributed by atoms with Crippen LogP contribution >= 0.6 is 11.6 Å². The number of ether oxygens (including phenoxy) is 2. The maximum Gasteiger partial charge on any atom is 0.191 e. The van der Waals surface area contributed by atoms with Crippen LogP contribution in [0, 0.1) is 6.92 Å². The summed E-state index contributed by atoms with van der Waals surface area (Å²) in [6, 6.07) is 13.0. The molecule has 2 aromatic carbocycles. The van der Waals surface area contributed by atoms with Crippen molar-refractivity contribution in [1.82, 2.24) is 0 Å². The zero-order valence-electron chi connectivity index (χ0n) is 11.6. The van der Waals surface area contributed by atoms with Crippen molar-refractivity contribution in [3.63, 3.8) is 0 Å². The van der Waals surface area contributed by atoms with Gasteiger partial charge in [0.2, 0.25) is 0 Å². The van der Waals surface area contributed by atoms with Crippen molar-refractivity contribution in [2.24, 2.45) is 0 Å². The Hall–Kier alpha value is -2.00. The molecule has 0 aliphatic carbocycles. The molecule has 21 heavy (non-hydrogen) atoms. The highest BCUT2D eigenvalue weighted by atomic mass is 35.5. The van der Waals surface area contributed by atoms with Crippen LogP contribution in [-0.4, -0.2) is 18.5 Å². The lowest BCUT2D eigenvalue weighted by atomic mass is 10.0. The van der Waals surface area contributed by atoms with Gasteiger partial charge in [0.1, 0.15) is 6.61 Å². The Kier molecular flexibility index (Phi) is 3.84. The minimum absolute atomic E-state index is 0.00979. The van der Waals surface area contributed by atoms with Crippen LogP contribution in [0.15, 0.2) is 42.5 Å². The summed E-state index contributed by atoms with van der Waals surface area (Å²) in [7, 11) is 0. The van der Waals surface area contributed by atoms with Gasteiger partial charge in [-0.05, 0) is 36.2 Å². The molecule has 3 nitrogen and oxygen atoms in total. The van der Waals surface area contributed by atoms with Gasteiger partial charge in [-0.3, -0.25) is 4.79 Å². The van der Waals surface area contributed by atoms with Gasteiger partial charge in [0.15, 0.2) is 23.4 Å². The number of fused-ring (bicyclic) bond motifs is 1. The highest BCUT2D eigenvalue weighted by Gasteiger charge is 2.27. The van der Waals surface area contributed by atoms with Gasteiger partial charge >= 0.3 is 0 Å². The van der Waals surface area contributed by atoms with Crippen molar-refractivity contribution in [3.05, 3.63) is 58.6 Å². The van der Waals surface area contributed by atoms with Crippen molar-refractivity contribution in [3.8, 4) is 11.5 Å². The largest absolute Gasteiger partial charge is 0.485 e. The maximum absolute atomic E-state index is 12.3. The van der Waals surface area contributed by atoms with E-state index >= 15 is 0 Å². The number of Topliss-reactive ketones (excluding diaryl/α,β-unsaturated/α-hetero) is 1. The molecule has 1 heterocycles. The Morgan fingerprint density at radius 2 is 2.00 bits per heavy atom. The minimum Gasteiger partial charge on any atom is -0.485 e. The molecule has 1 aliphatic rings. The van der Waals surface area contributed by atoms with Crippen LogP contribution in [0.25, 0.3) is 0 Å². The molecular formula is C17H15ClO3. The van der Waals surface area contributed by atoms with Gasteiger partial charge in [0, 0.05) is 11.4 Å². The smallest absolute Gasteiger partial charge is 0.191 e. The van der Waals surface area contributed by atoms with E-state index in [1.54, 1.807) is 6.07 Å². The quantitative estimate of drug-likeness (QED) is 0.869. The van der Waals surface area contributed by atoms with Gasteiger partial charge in [-0.25, -0.2) is 0 Å². The Labute approximate surface area is 128 Å². The first kappa shape index (κ1) is 14.0. The first-order chi connectivity index (χ1) is 10.1. The van der Waals surface area contributed by atoms with E-state index < -0.39 is 6.10 Å². The van der Waals surface area contributed by atoms with E-state index in [9.17, 15) is 4.79 Å².